The van der Waals surface area contributed by atoms with Crippen LogP contribution in [0, 0.1) is 16.2 Å². The molecule has 0 saturated carbocycles. The number of non-ortho nitro benzene ring substituents is 1. The number of benzene rings is 4. The van der Waals surface area contributed by atoms with E-state index in [0.29, 0.717) is 6.54 Å². The molecule has 4 aromatic carbocycles. The van der Waals surface area contributed by atoms with Gasteiger partial charge in [-0.1, -0.05) is 66.7 Å². The summed E-state index contributed by atoms with van der Waals surface area (Å²) in [6.45, 7) is 1.75. The van der Waals surface area contributed by atoms with Crippen LogP contribution in [-0.4, -0.2) is 35.0 Å². The van der Waals surface area contributed by atoms with Crippen molar-refractivity contribution in [1.82, 2.24) is 4.90 Å². The monoisotopic (exact) mass is 608 g/mol. The van der Waals surface area contributed by atoms with Crippen molar-refractivity contribution in [3.8, 4) is 0 Å². The van der Waals surface area contributed by atoms with Crippen molar-refractivity contribution in [3.05, 3.63) is 131 Å². The maximum absolute atomic E-state index is 10.4. The zero-order valence-corrected chi connectivity index (χ0v) is 23.5. The molecule has 4 rings (SSSR count). The van der Waals surface area contributed by atoms with E-state index in [4.69, 9.17) is 9.90 Å². The summed E-state index contributed by atoms with van der Waals surface area (Å²) in [5.74, 6) is -0.833. The van der Waals surface area contributed by atoms with Crippen LogP contribution >= 0.6 is 7.92 Å². The second-order valence-corrected chi connectivity index (χ2v) is 10.5. The molecule has 0 atom stereocenters. The van der Waals surface area contributed by atoms with Gasteiger partial charge < -0.3 is 10.0 Å². The molecular weight excluding hydrogens is 578 g/mol. The van der Waals surface area contributed by atoms with Gasteiger partial charge >= 0.3 is 20.4 Å². The molecule has 0 aromatic heterocycles. The molecule has 0 bridgehead atoms. The van der Waals surface area contributed by atoms with E-state index >= 15 is 0 Å². The number of hydrogen-bond donors (Lipinski definition) is 1. The van der Waals surface area contributed by atoms with Gasteiger partial charge in [-0.15, -0.1) is 5.56 Å². The molecule has 8 heteroatoms. The number of nitro benzene ring substituents is 1. The van der Waals surface area contributed by atoms with Crippen molar-refractivity contribution in [1.29, 1.82) is 0 Å². The van der Waals surface area contributed by atoms with Crippen molar-refractivity contribution in [2.24, 2.45) is 0 Å². The van der Waals surface area contributed by atoms with Gasteiger partial charge in [0, 0.05) is 18.4 Å². The van der Waals surface area contributed by atoms with Gasteiger partial charge in [-0.3, -0.25) is 14.9 Å². The number of hydrogen-bond acceptors (Lipinski definition) is 4. The van der Waals surface area contributed by atoms with Crippen molar-refractivity contribution in [3.63, 3.8) is 0 Å². The van der Waals surface area contributed by atoms with Gasteiger partial charge in [-0.25, -0.2) is 0 Å². The maximum atomic E-state index is 10.4. The topological polar surface area (TPSA) is 83.7 Å². The summed E-state index contributed by atoms with van der Waals surface area (Å²) >= 11 is 0. The van der Waals surface area contributed by atoms with Crippen molar-refractivity contribution in [2.45, 2.75) is 13.5 Å². The summed E-state index contributed by atoms with van der Waals surface area (Å²) in [5, 5.41) is 22.1. The molecule has 0 aliphatic carbocycles. The third-order valence-corrected chi connectivity index (χ3v) is 7.46. The summed E-state index contributed by atoms with van der Waals surface area (Å²) in [6.07, 6.45) is 0. The minimum Gasteiger partial charge on any atom is -0.481 e. The maximum Gasteiger partial charge on any atom is 2.00 e. The van der Waals surface area contributed by atoms with Crippen LogP contribution < -0.4 is 15.9 Å². The number of aliphatic carboxylic acids is 1. The van der Waals surface area contributed by atoms with E-state index in [2.05, 4.69) is 97.1 Å². The van der Waals surface area contributed by atoms with Crippen LogP contribution in [0.4, 0.5) is 5.69 Å². The summed E-state index contributed by atoms with van der Waals surface area (Å²) < 4.78 is 0. The minimum atomic E-state index is -0.877. The first kappa shape index (κ1) is 31.8. The SMILES string of the molecule is CC(=O)O.CN(C)Cc1[c-]ccc([N+](=O)[O-])c1.[Pd+2].c1ccc([PH+](c2ccccc2)c2ccccc2)cc1. The van der Waals surface area contributed by atoms with E-state index in [1.807, 2.05) is 19.0 Å². The van der Waals surface area contributed by atoms with E-state index in [9.17, 15) is 10.1 Å². The second-order valence-electron chi connectivity index (χ2n) is 8.06. The Kier molecular flexibility index (Phi) is 14.9. The molecular formula is C29H31N2O4PPd+2. The fourth-order valence-electron chi connectivity index (χ4n) is 3.36. The number of rotatable bonds is 6. The summed E-state index contributed by atoms with van der Waals surface area (Å²) in [5.41, 5.74) is 0.954. The predicted octanol–water partition coefficient (Wildman–Crippen LogP) is 4.72. The number of nitrogens with zero attached hydrogens (tertiary/aromatic N) is 2. The van der Waals surface area contributed by atoms with Crippen LogP contribution in [0.25, 0.3) is 0 Å². The van der Waals surface area contributed by atoms with Crippen molar-refractivity contribution in [2.75, 3.05) is 14.1 Å². The van der Waals surface area contributed by atoms with Crippen LogP contribution in [-0.2, 0) is 31.8 Å². The van der Waals surface area contributed by atoms with Gasteiger partial charge in [0.1, 0.15) is 15.9 Å². The molecule has 0 amide bonds. The van der Waals surface area contributed by atoms with Crippen LogP contribution in [0.15, 0.2) is 109 Å². The Bertz CT molecular complexity index is 1110. The molecule has 0 aliphatic heterocycles. The van der Waals surface area contributed by atoms with Gasteiger partial charge in [0.15, 0.2) is 5.69 Å². The number of nitro groups is 1. The average molecular weight is 609 g/mol. The van der Waals surface area contributed by atoms with Gasteiger partial charge in [-0.05, 0) is 50.5 Å². The van der Waals surface area contributed by atoms with Crippen LogP contribution in [0.2, 0.25) is 0 Å². The molecule has 37 heavy (non-hydrogen) atoms. The van der Waals surface area contributed by atoms with E-state index < -0.39 is 18.8 Å². The first-order valence-electron chi connectivity index (χ1n) is 11.3. The Morgan fingerprint density at radius 2 is 1.24 bits per heavy atom. The molecule has 0 saturated heterocycles. The standard InChI is InChI=1S/C18H15P.C9H11N2O2.C2H4O2.Pd/c1-4-10-16(11-5-1)19(17-12-6-2-7-13-17)18-14-8-3-9-15-18;1-10(2)7-8-4-3-5-9(6-8)11(12)13;1-2(3)4;/h1-15H;3,5-6H,7H2,1-2H3;1H3,(H,3,4);/q;-1;;+2/p+1. The Morgan fingerprint density at radius 1 is 0.865 bits per heavy atom. The number of carboxylic acid groups (broad SMARTS) is 1. The molecule has 0 spiro atoms. The molecule has 4 aromatic rings. The molecule has 194 valence electrons. The molecule has 0 radical (unpaired) electrons. The van der Waals surface area contributed by atoms with Gasteiger partial charge in [0.05, 0.1) is 7.92 Å². The minimum absolute atomic E-state index is 0. The van der Waals surface area contributed by atoms with E-state index in [1.165, 1.54) is 22.0 Å². The molecule has 0 aliphatic rings. The fourth-order valence-corrected chi connectivity index (χ4v) is 5.94. The zero-order chi connectivity index (χ0) is 26.3. The normalized spacial score (nSPS) is 9.76. The van der Waals surface area contributed by atoms with Gasteiger partial charge in [0.25, 0.3) is 5.97 Å². The third-order valence-electron chi connectivity index (χ3n) is 4.73. The number of carbonyl (C=O) groups is 1. The Balaban J connectivity index is 0.000000333. The summed E-state index contributed by atoms with van der Waals surface area (Å²) in [7, 11) is 2.94. The van der Waals surface area contributed by atoms with Crippen molar-refractivity contribution >= 4 is 35.5 Å². The molecule has 0 heterocycles. The average Bonchev–Trinajstić information content (AvgIpc) is 2.86. The van der Waals surface area contributed by atoms with Gasteiger partial charge in [0.2, 0.25) is 0 Å². The summed E-state index contributed by atoms with van der Waals surface area (Å²) in [6, 6.07) is 40.0. The largest absolute Gasteiger partial charge is 2.00 e. The van der Waals surface area contributed by atoms with Crippen molar-refractivity contribution < 1.29 is 35.2 Å². The molecule has 1 N–H and O–H groups in total. The van der Waals surface area contributed by atoms with Crippen LogP contribution in [0.1, 0.15) is 12.5 Å². The quantitative estimate of drug-likeness (QED) is 0.113. The Labute approximate surface area is 233 Å². The van der Waals surface area contributed by atoms with Crippen LogP contribution in [0.3, 0.4) is 0 Å². The molecule has 0 unspecified atom stereocenters. The number of carboxylic acids is 1. The Hall–Kier alpha value is -3.20. The summed E-state index contributed by atoms with van der Waals surface area (Å²) in [4.78, 5) is 21.0. The third kappa shape index (κ3) is 12.1. The van der Waals surface area contributed by atoms with E-state index in [-0.39, 0.29) is 26.1 Å². The molecule has 0 fully saturated rings. The Morgan fingerprint density at radius 3 is 1.57 bits per heavy atom. The zero-order valence-electron chi connectivity index (χ0n) is 21.0. The first-order valence-corrected chi connectivity index (χ1v) is 12.8. The van der Waals surface area contributed by atoms with Crippen LogP contribution in [0.5, 0.6) is 0 Å². The van der Waals surface area contributed by atoms with Gasteiger partial charge in [-0.2, -0.15) is 12.1 Å². The smallest absolute Gasteiger partial charge is 0.481 e. The first-order chi connectivity index (χ1) is 17.3. The predicted molar refractivity (Wildman–Crippen MR) is 149 cm³/mol. The molecule has 6 nitrogen and oxygen atoms in total. The second kappa shape index (κ2) is 17.3. The fraction of sp³-hybridized carbons (Fsp3) is 0.138. The van der Waals surface area contributed by atoms with E-state index in [0.717, 1.165) is 12.5 Å². The van der Waals surface area contributed by atoms with E-state index in [1.54, 1.807) is 12.1 Å².